The van der Waals surface area contributed by atoms with Crippen molar-refractivity contribution in [2.24, 2.45) is 5.10 Å². The molecular weight excluding hydrogens is 545 g/mol. The Morgan fingerprint density at radius 1 is 1.00 bits per heavy atom. The lowest BCUT2D eigenvalue weighted by molar-refractivity contribution is 0.297. The van der Waals surface area contributed by atoms with Gasteiger partial charge in [-0.1, -0.05) is 72.3 Å². The van der Waals surface area contributed by atoms with E-state index in [1.807, 2.05) is 36.4 Å². The van der Waals surface area contributed by atoms with Gasteiger partial charge in [0.25, 0.3) is 5.56 Å². The molecule has 0 amide bonds. The Kier molecular flexibility index (Phi) is 6.93. The van der Waals surface area contributed by atoms with Gasteiger partial charge in [-0.15, -0.1) is 0 Å². The minimum absolute atomic E-state index is 0.000486. The average Bonchev–Trinajstić information content (AvgIpc) is 2.89. The van der Waals surface area contributed by atoms with Crippen molar-refractivity contribution in [2.45, 2.75) is 6.61 Å². The number of aromatic nitrogens is 2. The van der Waals surface area contributed by atoms with Gasteiger partial charge in [-0.25, -0.2) is 9.37 Å². The molecular formula is C28H18BrClFN3O2. The van der Waals surface area contributed by atoms with Crippen LogP contribution in [0.4, 0.5) is 4.39 Å². The summed E-state index contributed by atoms with van der Waals surface area (Å²) in [6.45, 7) is 0.000486. The molecule has 1 heterocycles. The van der Waals surface area contributed by atoms with Gasteiger partial charge in [0.2, 0.25) is 0 Å². The van der Waals surface area contributed by atoms with Crippen LogP contribution in [0.2, 0.25) is 5.02 Å². The molecule has 0 radical (unpaired) electrons. The first-order chi connectivity index (χ1) is 17.5. The fourth-order valence-corrected chi connectivity index (χ4v) is 4.67. The molecule has 0 bridgehead atoms. The SMILES string of the molecule is O=c1c2ccccc2nc(-c2ccccc2)n1N=Cc1cc(Cl)cc(Br)c1OCc1ccccc1F. The molecule has 36 heavy (non-hydrogen) atoms. The number of nitrogens with zero attached hydrogens (tertiary/aromatic N) is 3. The van der Waals surface area contributed by atoms with E-state index in [4.69, 9.17) is 21.3 Å². The smallest absolute Gasteiger partial charge is 0.282 e. The Balaban J connectivity index is 1.60. The summed E-state index contributed by atoms with van der Waals surface area (Å²) in [6, 6.07) is 26.2. The lowest BCUT2D eigenvalue weighted by atomic mass is 10.2. The van der Waals surface area contributed by atoms with E-state index in [2.05, 4.69) is 21.0 Å². The average molecular weight is 563 g/mol. The van der Waals surface area contributed by atoms with Gasteiger partial charge in [0, 0.05) is 21.7 Å². The Morgan fingerprint density at radius 3 is 2.53 bits per heavy atom. The highest BCUT2D eigenvalue weighted by Crippen LogP contribution is 2.33. The molecule has 0 aliphatic rings. The zero-order valence-corrected chi connectivity index (χ0v) is 21.1. The molecule has 8 heteroatoms. The second kappa shape index (κ2) is 10.4. The van der Waals surface area contributed by atoms with E-state index in [1.54, 1.807) is 48.5 Å². The highest BCUT2D eigenvalue weighted by Gasteiger charge is 2.14. The number of hydrogen-bond donors (Lipinski definition) is 0. The number of fused-ring (bicyclic) bond motifs is 1. The van der Waals surface area contributed by atoms with Crippen LogP contribution in [0, 0.1) is 5.82 Å². The van der Waals surface area contributed by atoms with Gasteiger partial charge < -0.3 is 4.74 Å². The van der Waals surface area contributed by atoms with E-state index < -0.39 is 0 Å². The number of halogens is 3. The maximum Gasteiger partial charge on any atom is 0.282 e. The van der Waals surface area contributed by atoms with Gasteiger partial charge in [0.15, 0.2) is 5.82 Å². The van der Waals surface area contributed by atoms with Crippen molar-refractivity contribution in [1.82, 2.24) is 9.66 Å². The molecule has 5 aromatic rings. The summed E-state index contributed by atoms with van der Waals surface area (Å²) in [5.74, 6) is 0.444. The summed E-state index contributed by atoms with van der Waals surface area (Å²) in [5.41, 5.74) is 1.91. The second-order valence-electron chi connectivity index (χ2n) is 7.87. The van der Waals surface area contributed by atoms with Crippen LogP contribution < -0.4 is 10.3 Å². The van der Waals surface area contributed by atoms with E-state index in [1.165, 1.54) is 17.0 Å². The summed E-state index contributed by atoms with van der Waals surface area (Å²) >= 11 is 9.76. The molecule has 0 saturated carbocycles. The molecule has 5 nitrogen and oxygen atoms in total. The molecule has 0 unspecified atom stereocenters. The Morgan fingerprint density at radius 2 is 1.72 bits per heavy atom. The molecule has 0 saturated heterocycles. The zero-order valence-electron chi connectivity index (χ0n) is 18.7. The maximum atomic E-state index is 14.1. The summed E-state index contributed by atoms with van der Waals surface area (Å²) < 4.78 is 21.9. The van der Waals surface area contributed by atoms with E-state index in [9.17, 15) is 9.18 Å². The summed E-state index contributed by atoms with van der Waals surface area (Å²) in [5, 5.41) is 5.38. The quantitative estimate of drug-likeness (QED) is 0.208. The molecule has 178 valence electrons. The van der Waals surface area contributed by atoms with E-state index in [0.29, 0.717) is 43.1 Å². The van der Waals surface area contributed by atoms with Crippen LogP contribution in [-0.2, 0) is 6.61 Å². The molecule has 0 spiro atoms. The van der Waals surface area contributed by atoms with Gasteiger partial charge in [0.05, 0.1) is 21.6 Å². The minimum Gasteiger partial charge on any atom is -0.487 e. The van der Waals surface area contributed by atoms with Crippen molar-refractivity contribution in [3.05, 3.63) is 128 Å². The first-order valence-corrected chi connectivity index (χ1v) is 12.1. The fourth-order valence-electron chi connectivity index (χ4n) is 3.72. The third-order valence-corrected chi connectivity index (χ3v) is 6.27. The fraction of sp³-hybridized carbons (Fsp3) is 0.0357. The maximum absolute atomic E-state index is 14.1. The molecule has 0 aliphatic carbocycles. The van der Waals surface area contributed by atoms with Crippen LogP contribution in [0.15, 0.2) is 105 Å². The monoisotopic (exact) mass is 561 g/mol. The normalized spacial score (nSPS) is 11.3. The summed E-state index contributed by atoms with van der Waals surface area (Å²) in [4.78, 5) is 18.1. The van der Waals surface area contributed by atoms with E-state index in [0.717, 1.165) is 5.56 Å². The van der Waals surface area contributed by atoms with E-state index in [-0.39, 0.29) is 18.0 Å². The van der Waals surface area contributed by atoms with Crippen LogP contribution in [-0.4, -0.2) is 15.9 Å². The molecule has 0 atom stereocenters. The lowest BCUT2D eigenvalue weighted by Gasteiger charge is -2.13. The van der Waals surface area contributed by atoms with Crippen molar-refractivity contribution < 1.29 is 9.13 Å². The molecule has 0 N–H and O–H groups in total. The van der Waals surface area contributed by atoms with Crippen molar-refractivity contribution in [1.29, 1.82) is 0 Å². The van der Waals surface area contributed by atoms with Gasteiger partial charge in [-0.05, 0) is 46.3 Å². The minimum atomic E-state index is -0.362. The standard InChI is InChI=1S/C28H18BrClFN3O2/c29-23-15-21(30)14-20(26(23)36-17-19-10-4-6-12-24(19)31)16-32-34-27(18-8-2-1-3-9-18)33-25-13-7-5-11-22(25)28(34)35/h1-16H,17H2. The number of hydrogen-bond acceptors (Lipinski definition) is 4. The van der Waals surface area contributed by atoms with Crippen LogP contribution in [0.3, 0.4) is 0 Å². The molecule has 0 aliphatic heterocycles. The zero-order chi connectivity index (χ0) is 25.1. The molecule has 4 aromatic carbocycles. The molecule has 0 fully saturated rings. The Bertz CT molecular complexity index is 1650. The second-order valence-corrected chi connectivity index (χ2v) is 9.16. The van der Waals surface area contributed by atoms with Gasteiger partial charge in [0.1, 0.15) is 18.2 Å². The third-order valence-electron chi connectivity index (χ3n) is 5.47. The van der Waals surface area contributed by atoms with Crippen molar-refractivity contribution >= 4 is 44.6 Å². The van der Waals surface area contributed by atoms with Crippen molar-refractivity contribution in [3.8, 4) is 17.1 Å². The van der Waals surface area contributed by atoms with Crippen LogP contribution in [0.25, 0.3) is 22.3 Å². The first-order valence-electron chi connectivity index (χ1n) is 11.0. The Hall–Kier alpha value is -3.81. The van der Waals surface area contributed by atoms with Crippen LogP contribution in [0.1, 0.15) is 11.1 Å². The molecule has 1 aromatic heterocycles. The van der Waals surface area contributed by atoms with Crippen molar-refractivity contribution in [3.63, 3.8) is 0 Å². The van der Waals surface area contributed by atoms with E-state index >= 15 is 0 Å². The topological polar surface area (TPSA) is 56.5 Å². The van der Waals surface area contributed by atoms with Crippen molar-refractivity contribution in [2.75, 3.05) is 0 Å². The number of para-hydroxylation sites is 1. The highest BCUT2D eigenvalue weighted by atomic mass is 79.9. The van der Waals surface area contributed by atoms with Crippen LogP contribution >= 0.6 is 27.5 Å². The number of ether oxygens (including phenoxy) is 1. The lowest BCUT2D eigenvalue weighted by Crippen LogP contribution is -2.20. The first kappa shape index (κ1) is 23.9. The van der Waals surface area contributed by atoms with Crippen LogP contribution in [0.5, 0.6) is 5.75 Å². The third kappa shape index (κ3) is 4.94. The highest BCUT2D eigenvalue weighted by molar-refractivity contribution is 9.10. The predicted octanol–water partition coefficient (Wildman–Crippen LogP) is 7.08. The van der Waals surface area contributed by atoms with Gasteiger partial charge in [-0.2, -0.15) is 9.78 Å². The number of rotatable bonds is 6. The number of benzene rings is 4. The van der Waals surface area contributed by atoms with Gasteiger partial charge >= 0.3 is 0 Å². The predicted molar refractivity (Wildman–Crippen MR) is 144 cm³/mol. The summed E-state index contributed by atoms with van der Waals surface area (Å²) in [7, 11) is 0. The Labute approximate surface area is 219 Å². The largest absolute Gasteiger partial charge is 0.487 e. The molecule has 5 rings (SSSR count). The summed E-state index contributed by atoms with van der Waals surface area (Å²) in [6.07, 6.45) is 1.48. The van der Waals surface area contributed by atoms with Gasteiger partial charge in [-0.3, -0.25) is 4.79 Å².